The summed E-state index contributed by atoms with van der Waals surface area (Å²) in [7, 11) is 11.2. The van der Waals surface area contributed by atoms with Gasteiger partial charge in [-0.25, -0.2) is 0 Å². The molecule has 4 heteroatoms. The van der Waals surface area contributed by atoms with Crippen molar-refractivity contribution >= 4 is 44.0 Å². The molecule has 0 aliphatic heterocycles. The first-order chi connectivity index (χ1) is 24.5. The maximum Gasteiger partial charge on any atom is -0.0132 e. The van der Waals surface area contributed by atoms with Crippen LogP contribution in [0.5, 0.6) is 0 Å². The molecule has 0 N–H and O–H groups in total. The Hall–Kier alpha value is -2.22. The van der Waals surface area contributed by atoms with Gasteiger partial charge in [0.1, 0.15) is 0 Å². The van der Waals surface area contributed by atoms with Crippen LogP contribution in [0.15, 0.2) is 84.9 Å². The van der Waals surface area contributed by atoms with Crippen molar-refractivity contribution < 1.29 is 18.0 Å². The molecule has 0 radical (unpaired) electrons. The van der Waals surface area contributed by atoms with Gasteiger partial charge >= 0.3 is 53.5 Å². The zero-order chi connectivity index (χ0) is 37.5. The van der Waals surface area contributed by atoms with E-state index in [4.69, 9.17) is 17.0 Å². The molecule has 0 heterocycles. The van der Waals surface area contributed by atoms with Gasteiger partial charge in [0.2, 0.25) is 0 Å². The van der Waals surface area contributed by atoms with Crippen molar-refractivity contribution in [2.75, 3.05) is 0 Å². The Morgan fingerprint density at radius 2 is 0.904 bits per heavy atom. The molecule has 6 aromatic carbocycles. The second-order valence-corrected chi connectivity index (χ2v) is 40.5. The number of benzene rings is 4. The van der Waals surface area contributed by atoms with Crippen LogP contribution in [0.1, 0.15) is 98.9 Å². The summed E-state index contributed by atoms with van der Waals surface area (Å²) in [6.45, 7) is 22.4. The smallest absolute Gasteiger partial charge is 0.0132 e. The van der Waals surface area contributed by atoms with Gasteiger partial charge in [-0.3, -0.25) is 0 Å². The van der Waals surface area contributed by atoms with Gasteiger partial charge in [-0.05, 0) is 71.6 Å². The van der Waals surface area contributed by atoms with E-state index < -0.39 is 18.0 Å². The molecule has 0 fully saturated rings. The summed E-state index contributed by atoms with van der Waals surface area (Å²) in [5.41, 5.74) is 17.8. The minimum atomic E-state index is -1.65. The fraction of sp³-hybridized carbons (Fsp3) is 0.375. The third-order valence-electron chi connectivity index (χ3n) is 10.9. The van der Waals surface area contributed by atoms with Crippen LogP contribution in [-0.2, 0) is 54.5 Å². The number of halogens is 2. The van der Waals surface area contributed by atoms with Crippen LogP contribution >= 0.6 is 17.0 Å². The molecular formula is C48H56Cl2SiZr-2. The number of rotatable bonds is 2. The summed E-state index contributed by atoms with van der Waals surface area (Å²) in [5.74, 6) is 0. The van der Waals surface area contributed by atoms with E-state index in [9.17, 15) is 0 Å². The molecule has 0 amide bonds. The van der Waals surface area contributed by atoms with Crippen molar-refractivity contribution in [1.29, 1.82) is 0 Å². The first-order valence-electron chi connectivity index (χ1n) is 19.1. The van der Waals surface area contributed by atoms with Crippen LogP contribution in [0.3, 0.4) is 0 Å². The molecule has 272 valence electrons. The minimum Gasteiger partial charge on any atom is -0.165 e. The van der Waals surface area contributed by atoms with Crippen molar-refractivity contribution in [3.63, 3.8) is 0 Å². The number of fused-ring (bicyclic) bond motifs is 4. The number of aryl methyl sites for hydroxylation is 4. The van der Waals surface area contributed by atoms with Crippen LogP contribution < -0.4 is 0 Å². The van der Waals surface area contributed by atoms with Crippen LogP contribution in [0.4, 0.5) is 0 Å². The summed E-state index contributed by atoms with van der Waals surface area (Å²) >= 11 is -1.65. The Balaban J connectivity index is 0.000000155. The summed E-state index contributed by atoms with van der Waals surface area (Å²) in [6, 6.07) is 32.8. The monoisotopic (exact) mass is 820 g/mol. The molecule has 0 atom stereocenters. The largest absolute Gasteiger partial charge is 0.165 e. The third-order valence-corrected chi connectivity index (χ3v) is 30.7. The SMILES string of the molecule is C[Si](C)=[Zr]([Cl])[Cl].Cc1cc2c(-c3ccc(C(C)(C)C)cc3)c3c(cc2[cH-]1)CCC3.Cc1cc2c(-c3ccc(C(C)(C)C)cc3)c3c(cc2[cH-]1)CCC3. The average Bonchev–Trinajstić information content (AvgIpc) is 3.88. The predicted octanol–water partition coefficient (Wildman–Crippen LogP) is 14.8. The summed E-state index contributed by atoms with van der Waals surface area (Å²) in [4.78, 5) is 0. The van der Waals surface area contributed by atoms with E-state index in [-0.39, 0.29) is 16.3 Å². The van der Waals surface area contributed by atoms with E-state index in [1.807, 2.05) is 0 Å². The van der Waals surface area contributed by atoms with Crippen molar-refractivity contribution in [2.24, 2.45) is 0 Å². The Kier molecular flexibility index (Phi) is 12.0. The molecule has 0 spiro atoms. The van der Waals surface area contributed by atoms with Crippen molar-refractivity contribution in [1.82, 2.24) is 0 Å². The van der Waals surface area contributed by atoms with Crippen LogP contribution in [0, 0.1) is 13.8 Å². The fourth-order valence-corrected chi connectivity index (χ4v) is 8.08. The first-order valence-corrected chi connectivity index (χ1v) is 31.7. The maximum atomic E-state index is 5.62. The maximum absolute atomic E-state index is 5.62. The molecule has 0 saturated carbocycles. The second kappa shape index (κ2) is 15.9. The Labute approximate surface area is 329 Å². The number of hydrogen-bond acceptors (Lipinski definition) is 0. The summed E-state index contributed by atoms with van der Waals surface area (Å²) in [5, 5.41) is 5.70. The molecule has 0 aromatic heterocycles. The standard InChI is InChI=1S/2C23H25.C2H6Si.2ClH.Zr/c2*1-15-12-18-14-17-6-5-7-20(17)22(21(18)13-15)16-8-10-19(11-9-16)23(2,3)4;1-3-2;;;/h2*8-14H,5-7H2,1-4H3;1-2H3;2*1H;/q2*-1;;;;+2/p-2. The van der Waals surface area contributed by atoms with Crippen LogP contribution in [0.25, 0.3) is 43.8 Å². The van der Waals surface area contributed by atoms with E-state index >= 15 is 0 Å². The molecular weight excluding hydrogens is 767 g/mol. The molecule has 0 saturated heterocycles. The molecule has 0 nitrogen and oxygen atoms in total. The summed E-state index contributed by atoms with van der Waals surface area (Å²) in [6.07, 6.45) is 7.53. The molecule has 0 unspecified atom stereocenters. The van der Waals surface area contributed by atoms with Crippen molar-refractivity contribution in [2.45, 2.75) is 118 Å². The fourth-order valence-electron chi connectivity index (χ4n) is 8.08. The van der Waals surface area contributed by atoms with Gasteiger partial charge < -0.3 is 0 Å². The Morgan fingerprint density at radius 3 is 1.21 bits per heavy atom. The molecule has 2 aliphatic carbocycles. The molecule has 0 bridgehead atoms. The number of hydrogen-bond donors (Lipinski definition) is 0. The van der Waals surface area contributed by atoms with Crippen LogP contribution in [-0.4, -0.2) is 5.43 Å². The first kappa shape index (κ1) is 39.5. The van der Waals surface area contributed by atoms with E-state index in [0.717, 1.165) is 0 Å². The minimum absolute atomic E-state index is 0.212. The normalized spacial score (nSPS) is 13.7. The van der Waals surface area contributed by atoms with Gasteiger partial charge in [-0.1, -0.05) is 137 Å². The van der Waals surface area contributed by atoms with E-state index in [1.165, 1.54) is 105 Å². The summed E-state index contributed by atoms with van der Waals surface area (Å²) < 4.78 is 0. The Bertz CT molecular complexity index is 2080. The van der Waals surface area contributed by atoms with E-state index in [1.54, 1.807) is 22.3 Å². The van der Waals surface area contributed by atoms with Gasteiger partial charge in [0.25, 0.3) is 0 Å². The predicted molar refractivity (Wildman–Crippen MR) is 230 cm³/mol. The third kappa shape index (κ3) is 8.68. The zero-order valence-corrected chi connectivity index (χ0v) is 38.1. The van der Waals surface area contributed by atoms with E-state index in [2.05, 4.69) is 153 Å². The molecule has 8 rings (SSSR count). The van der Waals surface area contributed by atoms with Gasteiger partial charge in [0.15, 0.2) is 0 Å². The zero-order valence-electron chi connectivity index (χ0n) is 33.1. The van der Waals surface area contributed by atoms with Gasteiger partial charge in [0, 0.05) is 0 Å². The van der Waals surface area contributed by atoms with Gasteiger partial charge in [0.05, 0.1) is 0 Å². The second-order valence-electron chi connectivity index (χ2n) is 17.5. The molecule has 6 aromatic rings. The Morgan fingerprint density at radius 1 is 0.558 bits per heavy atom. The van der Waals surface area contributed by atoms with Crippen LogP contribution in [0.2, 0.25) is 13.1 Å². The van der Waals surface area contributed by atoms with Crippen molar-refractivity contribution in [3.05, 3.63) is 129 Å². The topological polar surface area (TPSA) is 0 Å². The molecule has 2 aliphatic rings. The molecule has 52 heavy (non-hydrogen) atoms. The van der Waals surface area contributed by atoms with E-state index in [0.29, 0.717) is 0 Å². The van der Waals surface area contributed by atoms with Gasteiger partial charge in [-0.2, -0.15) is 12.1 Å². The quantitative estimate of drug-likeness (QED) is 0.121. The average molecular weight is 823 g/mol. The van der Waals surface area contributed by atoms with Crippen molar-refractivity contribution in [3.8, 4) is 22.3 Å². The van der Waals surface area contributed by atoms with Gasteiger partial charge in [-0.15, -0.1) is 56.9 Å².